The number of rotatable bonds is 6. The number of aliphatic imine (C=N–C) groups is 1. The highest BCUT2D eigenvalue weighted by Gasteiger charge is 2.26. The zero-order valence-electron chi connectivity index (χ0n) is 10.9. The maximum absolute atomic E-state index is 10.8. The van der Waals surface area contributed by atoms with Crippen molar-refractivity contribution in [3.8, 4) is 11.5 Å². The standard InChI is InChI=1S/C13H15NO5S/c1-18-4-5-19-8-2-3-9(11(15)6-8)12-14-10(7-20-12)13(16)17/h2-3,6,10,15H,4-5,7H2,1H3,(H,16,17)/t10-/m1/s1. The van der Waals surface area contributed by atoms with Crippen molar-refractivity contribution in [3.05, 3.63) is 23.8 Å². The van der Waals surface area contributed by atoms with E-state index in [0.717, 1.165) is 0 Å². The van der Waals surface area contributed by atoms with Crippen molar-refractivity contribution in [1.29, 1.82) is 0 Å². The third kappa shape index (κ3) is 3.43. The van der Waals surface area contributed by atoms with Crippen LogP contribution < -0.4 is 4.74 Å². The first kappa shape index (κ1) is 14.7. The van der Waals surface area contributed by atoms with Crippen LogP contribution in [0.3, 0.4) is 0 Å². The van der Waals surface area contributed by atoms with Gasteiger partial charge in [-0.2, -0.15) is 0 Å². The van der Waals surface area contributed by atoms with Crippen LogP contribution in [-0.2, 0) is 9.53 Å². The molecule has 0 saturated heterocycles. The number of carboxylic acid groups (broad SMARTS) is 1. The molecule has 0 aliphatic carbocycles. The molecule has 1 heterocycles. The molecule has 0 radical (unpaired) electrons. The van der Waals surface area contributed by atoms with E-state index in [-0.39, 0.29) is 5.75 Å². The molecule has 1 aromatic rings. The van der Waals surface area contributed by atoms with E-state index in [1.165, 1.54) is 17.8 Å². The minimum Gasteiger partial charge on any atom is -0.507 e. The maximum Gasteiger partial charge on any atom is 0.329 e. The number of nitrogens with zero attached hydrogens (tertiary/aromatic N) is 1. The van der Waals surface area contributed by atoms with Crippen molar-refractivity contribution in [2.75, 3.05) is 26.1 Å². The predicted molar refractivity (Wildman–Crippen MR) is 75.9 cm³/mol. The highest BCUT2D eigenvalue weighted by atomic mass is 32.2. The first-order valence-electron chi connectivity index (χ1n) is 6.00. The van der Waals surface area contributed by atoms with E-state index in [9.17, 15) is 9.90 Å². The first-order chi connectivity index (χ1) is 9.61. The van der Waals surface area contributed by atoms with Gasteiger partial charge in [0.25, 0.3) is 0 Å². The van der Waals surface area contributed by atoms with Gasteiger partial charge in [-0.05, 0) is 12.1 Å². The summed E-state index contributed by atoms with van der Waals surface area (Å²) >= 11 is 1.32. The Balaban J connectivity index is 2.10. The lowest BCUT2D eigenvalue weighted by molar-refractivity contribution is -0.137. The van der Waals surface area contributed by atoms with Crippen molar-refractivity contribution in [2.24, 2.45) is 4.99 Å². The Morgan fingerprint density at radius 3 is 2.90 bits per heavy atom. The molecule has 0 saturated carbocycles. The highest BCUT2D eigenvalue weighted by molar-refractivity contribution is 8.14. The van der Waals surface area contributed by atoms with Crippen LogP contribution in [0.1, 0.15) is 5.56 Å². The molecule has 0 fully saturated rings. The Kier molecular flexibility index (Phi) is 4.86. The zero-order valence-corrected chi connectivity index (χ0v) is 11.7. The third-order valence-corrected chi connectivity index (χ3v) is 3.77. The number of carboxylic acids is 1. The quantitative estimate of drug-likeness (QED) is 0.771. The lowest BCUT2D eigenvalue weighted by Crippen LogP contribution is -2.17. The summed E-state index contributed by atoms with van der Waals surface area (Å²) in [5, 5.41) is 19.4. The summed E-state index contributed by atoms with van der Waals surface area (Å²) in [6.45, 7) is 0.859. The van der Waals surface area contributed by atoms with Crippen molar-refractivity contribution in [3.63, 3.8) is 0 Å². The molecule has 1 aliphatic rings. The van der Waals surface area contributed by atoms with Crippen LogP contribution in [0, 0.1) is 0 Å². The molecule has 108 valence electrons. The topological polar surface area (TPSA) is 88.4 Å². The minimum atomic E-state index is -0.952. The van der Waals surface area contributed by atoms with Gasteiger partial charge in [-0.3, -0.25) is 4.99 Å². The molecule has 7 heteroatoms. The number of carbonyl (C=O) groups is 1. The maximum atomic E-state index is 10.8. The predicted octanol–water partition coefficient (Wildman–Crippen LogP) is 1.36. The molecule has 1 atom stereocenters. The molecule has 0 aromatic heterocycles. The molecule has 0 unspecified atom stereocenters. The van der Waals surface area contributed by atoms with Crippen molar-refractivity contribution < 1.29 is 24.5 Å². The van der Waals surface area contributed by atoms with E-state index in [4.69, 9.17) is 14.6 Å². The molecule has 1 aliphatic heterocycles. The molecule has 0 amide bonds. The largest absolute Gasteiger partial charge is 0.507 e. The summed E-state index contributed by atoms with van der Waals surface area (Å²) < 4.78 is 10.2. The number of benzene rings is 1. The Labute approximate surface area is 120 Å². The van der Waals surface area contributed by atoms with Crippen LogP contribution in [0.2, 0.25) is 0 Å². The fraction of sp³-hybridized carbons (Fsp3) is 0.385. The average molecular weight is 297 g/mol. The minimum absolute atomic E-state index is 0.0252. The number of ether oxygens (including phenoxy) is 2. The van der Waals surface area contributed by atoms with E-state index in [1.54, 1.807) is 19.2 Å². The Morgan fingerprint density at radius 2 is 2.30 bits per heavy atom. The Bertz CT molecular complexity index is 531. The van der Waals surface area contributed by atoms with Crippen molar-refractivity contribution in [1.82, 2.24) is 0 Å². The van der Waals surface area contributed by atoms with Gasteiger partial charge in [-0.1, -0.05) is 0 Å². The van der Waals surface area contributed by atoms with Crippen LogP contribution in [0.5, 0.6) is 11.5 Å². The Morgan fingerprint density at radius 1 is 1.50 bits per heavy atom. The lowest BCUT2D eigenvalue weighted by Gasteiger charge is -2.08. The number of phenolic OH excluding ortho intramolecular Hbond substituents is 1. The normalized spacial score (nSPS) is 17.9. The summed E-state index contributed by atoms with van der Waals surface area (Å²) in [7, 11) is 1.58. The monoisotopic (exact) mass is 297 g/mol. The van der Waals surface area contributed by atoms with Gasteiger partial charge in [0.15, 0.2) is 6.04 Å². The van der Waals surface area contributed by atoms with Gasteiger partial charge in [0.05, 0.1) is 6.61 Å². The van der Waals surface area contributed by atoms with Crippen LogP contribution in [-0.4, -0.2) is 53.3 Å². The second-order valence-electron chi connectivity index (χ2n) is 4.12. The summed E-state index contributed by atoms with van der Waals surface area (Å²) in [5.74, 6) is -0.0127. The SMILES string of the molecule is COCCOc1ccc(C2=N[C@@H](C(=O)O)CS2)c(O)c1. The number of aliphatic carboxylic acids is 1. The summed E-state index contributed by atoms with van der Waals surface area (Å²) in [5.41, 5.74) is 0.526. The number of hydrogen-bond donors (Lipinski definition) is 2. The molecule has 0 bridgehead atoms. The zero-order chi connectivity index (χ0) is 14.5. The number of methoxy groups -OCH3 is 1. The summed E-state index contributed by atoms with van der Waals surface area (Å²) in [6.07, 6.45) is 0. The van der Waals surface area contributed by atoms with Gasteiger partial charge in [0.1, 0.15) is 23.1 Å². The van der Waals surface area contributed by atoms with Crippen LogP contribution in [0.15, 0.2) is 23.2 Å². The number of hydrogen-bond acceptors (Lipinski definition) is 6. The second kappa shape index (κ2) is 6.62. The van der Waals surface area contributed by atoms with Gasteiger partial charge < -0.3 is 19.7 Å². The summed E-state index contributed by atoms with van der Waals surface area (Å²) in [4.78, 5) is 14.9. The molecule has 2 rings (SSSR count). The molecule has 2 N–H and O–H groups in total. The lowest BCUT2D eigenvalue weighted by atomic mass is 10.2. The van der Waals surface area contributed by atoms with Gasteiger partial charge in [-0.25, -0.2) is 4.79 Å². The Hall–Kier alpha value is -1.73. The van der Waals surface area contributed by atoms with Gasteiger partial charge in [0, 0.05) is 24.5 Å². The van der Waals surface area contributed by atoms with Crippen molar-refractivity contribution >= 4 is 22.8 Å². The van der Waals surface area contributed by atoms with E-state index >= 15 is 0 Å². The number of aromatic hydroxyl groups is 1. The molecule has 20 heavy (non-hydrogen) atoms. The van der Waals surface area contributed by atoms with Gasteiger partial charge in [-0.15, -0.1) is 11.8 Å². The third-order valence-electron chi connectivity index (χ3n) is 2.69. The van der Waals surface area contributed by atoms with Crippen LogP contribution in [0.25, 0.3) is 0 Å². The number of thioether (sulfide) groups is 1. The van der Waals surface area contributed by atoms with Crippen molar-refractivity contribution in [2.45, 2.75) is 6.04 Å². The molecule has 6 nitrogen and oxygen atoms in total. The van der Waals surface area contributed by atoms with E-state index < -0.39 is 12.0 Å². The molecular weight excluding hydrogens is 282 g/mol. The van der Waals surface area contributed by atoms with E-state index in [0.29, 0.717) is 35.3 Å². The van der Waals surface area contributed by atoms with Crippen LogP contribution in [0.4, 0.5) is 0 Å². The number of phenols is 1. The molecule has 1 aromatic carbocycles. The molecule has 0 spiro atoms. The fourth-order valence-corrected chi connectivity index (χ4v) is 2.74. The highest BCUT2D eigenvalue weighted by Crippen LogP contribution is 2.31. The van der Waals surface area contributed by atoms with Crippen LogP contribution >= 0.6 is 11.8 Å². The second-order valence-corrected chi connectivity index (χ2v) is 5.13. The smallest absolute Gasteiger partial charge is 0.329 e. The van der Waals surface area contributed by atoms with E-state index in [2.05, 4.69) is 4.99 Å². The summed E-state index contributed by atoms with van der Waals surface area (Å²) in [6, 6.07) is 4.13. The molecular formula is C13H15NO5S. The van der Waals surface area contributed by atoms with Gasteiger partial charge in [0.2, 0.25) is 0 Å². The fourth-order valence-electron chi connectivity index (χ4n) is 1.67. The first-order valence-corrected chi connectivity index (χ1v) is 6.99. The van der Waals surface area contributed by atoms with E-state index in [1.807, 2.05) is 0 Å². The average Bonchev–Trinajstić information content (AvgIpc) is 2.89. The van der Waals surface area contributed by atoms with Gasteiger partial charge >= 0.3 is 5.97 Å².